The van der Waals surface area contributed by atoms with Crippen molar-refractivity contribution < 1.29 is 52.9 Å². The van der Waals surface area contributed by atoms with Crippen LogP contribution in [0.1, 0.15) is 5.56 Å². The average Bonchev–Trinajstić information content (AvgIpc) is 2.80. The molecule has 1 aromatic carbocycles. The Balaban J connectivity index is 2.27. The number of benzene rings is 1. The molecular formula is C18H22Cl6O12S2. The van der Waals surface area contributed by atoms with Crippen LogP contribution in [0.15, 0.2) is 30.3 Å². The van der Waals surface area contributed by atoms with Gasteiger partial charge in [0.05, 0.1) is 13.2 Å². The molecule has 0 unspecified atom stereocenters. The lowest BCUT2D eigenvalue weighted by Gasteiger charge is -2.42. The first-order valence-electron chi connectivity index (χ1n) is 10.2. The van der Waals surface area contributed by atoms with Gasteiger partial charge in [-0.1, -0.05) is 99.9 Å². The normalized spacial score (nSPS) is 25.4. The maximum absolute atomic E-state index is 12.4. The number of rotatable bonds is 13. The Labute approximate surface area is 249 Å². The molecule has 0 saturated carbocycles. The maximum atomic E-state index is 12.4. The van der Waals surface area contributed by atoms with E-state index in [1.54, 1.807) is 30.3 Å². The van der Waals surface area contributed by atoms with E-state index in [2.05, 4.69) is 8.37 Å². The molecule has 2 rings (SSSR count). The van der Waals surface area contributed by atoms with Crippen molar-refractivity contribution in [2.75, 3.05) is 26.9 Å². The number of hydrogen-bond donors (Lipinski definition) is 1. The summed E-state index contributed by atoms with van der Waals surface area (Å²) in [4.78, 5) is 0. The van der Waals surface area contributed by atoms with E-state index < -0.39 is 72.3 Å². The molecule has 1 N–H and O–H groups in total. The Kier molecular flexibility index (Phi) is 13.4. The number of hydrogen-bond acceptors (Lipinski definition) is 12. The minimum atomic E-state index is -5.03. The van der Waals surface area contributed by atoms with Gasteiger partial charge >= 0.3 is 20.8 Å². The molecule has 220 valence electrons. The van der Waals surface area contributed by atoms with Crippen LogP contribution in [0.5, 0.6) is 0 Å². The number of aliphatic hydroxyl groups is 1. The molecule has 0 aromatic heterocycles. The first-order chi connectivity index (χ1) is 17.4. The summed E-state index contributed by atoms with van der Waals surface area (Å²) in [5.41, 5.74) is 0.787. The van der Waals surface area contributed by atoms with Gasteiger partial charge in [-0.15, -0.1) is 0 Å². The highest BCUT2D eigenvalue weighted by Gasteiger charge is 2.51. The molecule has 1 aromatic rings. The molecule has 1 fully saturated rings. The van der Waals surface area contributed by atoms with Gasteiger partial charge in [0.25, 0.3) is 0 Å². The summed E-state index contributed by atoms with van der Waals surface area (Å²) >= 11 is 33.0. The molecule has 1 aliphatic rings. The van der Waals surface area contributed by atoms with Crippen LogP contribution in [-0.4, -0.2) is 87.2 Å². The van der Waals surface area contributed by atoms with E-state index in [4.69, 9.17) is 92.2 Å². The Hall–Kier alpha value is 0.540. The third-order valence-electron chi connectivity index (χ3n) is 4.44. The molecule has 12 nitrogen and oxygen atoms in total. The Morgan fingerprint density at radius 1 is 0.868 bits per heavy atom. The predicted octanol–water partition coefficient (Wildman–Crippen LogP) is 2.97. The number of methoxy groups -OCH3 is 1. The fraction of sp³-hybridized carbons (Fsp3) is 0.667. The molecular weight excluding hydrogens is 685 g/mol. The van der Waals surface area contributed by atoms with Gasteiger partial charge in [-0.2, -0.15) is 16.8 Å². The first kappa shape index (κ1) is 34.7. The number of aliphatic hydroxyl groups excluding tert-OH is 1. The van der Waals surface area contributed by atoms with Crippen molar-refractivity contribution in [2.45, 2.75) is 44.9 Å². The molecule has 38 heavy (non-hydrogen) atoms. The molecule has 0 spiro atoms. The van der Waals surface area contributed by atoms with E-state index in [0.29, 0.717) is 0 Å². The van der Waals surface area contributed by atoms with Crippen LogP contribution in [0, 0.1) is 0 Å². The van der Waals surface area contributed by atoms with Crippen molar-refractivity contribution in [1.29, 1.82) is 0 Å². The summed E-state index contributed by atoms with van der Waals surface area (Å²) in [7, 11) is -8.96. The zero-order valence-corrected chi connectivity index (χ0v) is 25.3. The standard InChI is InChI=1S/C18H22Cl6O12S2/c1-30-16-15(36-38(28,29)33-10-18(22,23)24)14(35-37(26,27)32-9-17(19,20)21)13(25)12(34-16)8-31-7-11-5-3-2-4-6-11/h2-6,12-16,25H,7-10H2,1H3/t12-,13-,14+,15-,16+/m1/s1. The van der Waals surface area contributed by atoms with E-state index in [1.165, 1.54) is 0 Å². The van der Waals surface area contributed by atoms with Crippen molar-refractivity contribution in [2.24, 2.45) is 0 Å². The van der Waals surface area contributed by atoms with Crippen molar-refractivity contribution in [1.82, 2.24) is 0 Å². The second-order valence-electron chi connectivity index (χ2n) is 7.46. The monoisotopic (exact) mass is 704 g/mol. The molecule has 0 bridgehead atoms. The highest BCUT2D eigenvalue weighted by atomic mass is 35.6. The number of ether oxygens (including phenoxy) is 3. The van der Waals surface area contributed by atoms with Gasteiger partial charge in [-0.05, 0) is 5.56 Å². The van der Waals surface area contributed by atoms with Crippen molar-refractivity contribution >= 4 is 90.4 Å². The lowest BCUT2D eigenvalue weighted by molar-refractivity contribution is -0.287. The Morgan fingerprint density at radius 2 is 1.37 bits per heavy atom. The van der Waals surface area contributed by atoms with Gasteiger partial charge in [0, 0.05) is 7.11 Å². The zero-order valence-electron chi connectivity index (χ0n) is 19.1. The summed E-state index contributed by atoms with van der Waals surface area (Å²) in [6.45, 7) is -2.17. The summed E-state index contributed by atoms with van der Waals surface area (Å²) in [5.74, 6) is 0. The lowest BCUT2D eigenvalue weighted by atomic mass is 9.99. The zero-order chi connectivity index (χ0) is 28.8. The summed E-state index contributed by atoms with van der Waals surface area (Å²) in [5, 5.41) is 10.9. The summed E-state index contributed by atoms with van der Waals surface area (Å²) in [6.07, 6.45) is -8.88. The first-order valence-corrected chi connectivity index (χ1v) is 15.1. The van der Waals surface area contributed by atoms with Crippen LogP contribution in [0.2, 0.25) is 0 Å². The minimum Gasteiger partial charge on any atom is -0.387 e. The average molecular weight is 707 g/mol. The van der Waals surface area contributed by atoms with Crippen LogP contribution >= 0.6 is 69.6 Å². The van der Waals surface area contributed by atoms with Crippen LogP contribution in [0.4, 0.5) is 0 Å². The van der Waals surface area contributed by atoms with Gasteiger partial charge in [0.1, 0.15) is 31.5 Å². The van der Waals surface area contributed by atoms with E-state index >= 15 is 0 Å². The van der Waals surface area contributed by atoms with Crippen LogP contribution < -0.4 is 0 Å². The van der Waals surface area contributed by atoms with E-state index in [-0.39, 0.29) is 13.2 Å². The van der Waals surface area contributed by atoms with Crippen molar-refractivity contribution in [3.05, 3.63) is 35.9 Å². The molecule has 0 amide bonds. The van der Waals surface area contributed by atoms with Crippen LogP contribution in [0.25, 0.3) is 0 Å². The molecule has 0 radical (unpaired) electrons. The molecule has 5 atom stereocenters. The van der Waals surface area contributed by atoms with Crippen LogP contribution in [-0.2, 0) is 58.3 Å². The topological polar surface area (TPSA) is 153 Å². The van der Waals surface area contributed by atoms with E-state index in [9.17, 15) is 21.9 Å². The van der Waals surface area contributed by atoms with Gasteiger partial charge < -0.3 is 19.3 Å². The second kappa shape index (κ2) is 14.6. The molecule has 20 heteroatoms. The van der Waals surface area contributed by atoms with Crippen molar-refractivity contribution in [3.8, 4) is 0 Å². The SMILES string of the molecule is CO[C@H]1O[C@H](COCc2ccccc2)[C@@H](O)[C@H](OS(=O)(=O)OCC(Cl)(Cl)Cl)[C@H]1OS(=O)(=O)OCC(Cl)(Cl)Cl. The van der Waals surface area contributed by atoms with Gasteiger partial charge in [-0.3, -0.25) is 0 Å². The fourth-order valence-corrected chi connectivity index (χ4v) is 5.34. The smallest absolute Gasteiger partial charge is 0.387 e. The molecule has 1 aliphatic heterocycles. The van der Waals surface area contributed by atoms with E-state index in [0.717, 1.165) is 12.7 Å². The van der Waals surface area contributed by atoms with E-state index in [1.807, 2.05) is 0 Å². The van der Waals surface area contributed by atoms with Crippen LogP contribution in [0.3, 0.4) is 0 Å². The third kappa shape index (κ3) is 12.6. The predicted molar refractivity (Wildman–Crippen MR) is 138 cm³/mol. The van der Waals surface area contributed by atoms with Crippen molar-refractivity contribution in [3.63, 3.8) is 0 Å². The quantitative estimate of drug-likeness (QED) is 0.300. The largest absolute Gasteiger partial charge is 0.400 e. The number of halogens is 6. The van der Waals surface area contributed by atoms with Gasteiger partial charge in [0.2, 0.25) is 7.59 Å². The maximum Gasteiger partial charge on any atom is 0.400 e. The van der Waals surface area contributed by atoms with Gasteiger partial charge in [0.15, 0.2) is 12.4 Å². The Bertz CT molecular complexity index is 1080. The second-order valence-corrected chi connectivity index (χ2v) is 15.0. The highest BCUT2D eigenvalue weighted by molar-refractivity contribution is 7.82. The molecule has 1 saturated heterocycles. The summed E-state index contributed by atoms with van der Waals surface area (Å²) < 4.78 is 80.2. The van der Waals surface area contributed by atoms with Gasteiger partial charge in [-0.25, -0.2) is 16.7 Å². The fourth-order valence-electron chi connectivity index (χ4n) is 2.90. The summed E-state index contributed by atoms with van der Waals surface area (Å²) in [6, 6.07) is 8.93. The Morgan fingerprint density at radius 3 is 1.84 bits per heavy atom. The third-order valence-corrected chi connectivity index (χ3v) is 6.82. The molecule has 1 heterocycles. The highest BCUT2D eigenvalue weighted by Crippen LogP contribution is 2.32. The minimum absolute atomic E-state index is 0.0976. The molecule has 0 aliphatic carbocycles. The lowest BCUT2D eigenvalue weighted by Crippen LogP contribution is -2.61. The number of alkyl halides is 6.